The molecule has 0 fully saturated rings. The van der Waals surface area contributed by atoms with Gasteiger partial charge in [0.25, 0.3) is 11.8 Å². The fourth-order valence-corrected chi connectivity index (χ4v) is 2.99. The smallest absolute Gasteiger partial charge is 0.262 e. The maximum absolute atomic E-state index is 13.0. The van der Waals surface area contributed by atoms with E-state index in [1.165, 1.54) is 18.3 Å². The lowest BCUT2D eigenvalue weighted by Crippen LogP contribution is -2.48. The van der Waals surface area contributed by atoms with E-state index >= 15 is 0 Å². The fraction of sp³-hybridized carbons (Fsp3) is 0.192. The van der Waals surface area contributed by atoms with Crippen molar-refractivity contribution in [2.75, 3.05) is 0 Å². The Kier molecular flexibility index (Phi) is 8.30. The maximum Gasteiger partial charge on any atom is 0.262 e. The fourth-order valence-electron chi connectivity index (χ4n) is 2.99. The van der Waals surface area contributed by atoms with Crippen LogP contribution in [-0.4, -0.2) is 24.1 Å². The Morgan fingerprint density at radius 2 is 1.64 bits per heavy atom. The molecule has 2 amide bonds. The van der Waals surface area contributed by atoms with Crippen molar-refractivity contribution in [1.29, 1.82) is 0 Å². The number of amides is 2. The summed E-state index contributed by atoms with van der Waals surface area (Å²) in [5.74, 6) is -0.461. The largest absolute Gasteiger partial charge is 0.489 e. The van der Waals surface area contributed by atoms with Gasteiger partial charge < -0.3 is 10.1 Å². The number of halogens is 1. The van der Waals surface area contributed by atoms with E-state index in [9.17, 15) is 14.0 Å². The van der Waals surface area contributed by atoms with Gasteiger partial charge in [0.05, 0.1) is 6.21 Å². The first-order chi connectivity index (χ1) is 15.9. The summed E-state index contributed by atoms with van der Waals surface area (Å²) in [4.78, 5) is 24.9. The first kappa shape index (κ1) is 23.7. The molecule has 6 nitrogen and oxygen atoms in total. The van der Waals surface area contributed by atoms with Gasteiger partial charge in [-0.25, -0.2) is 9.82 Å². The summed E-state index contributed by atoms with van der Waals surface area (Å²) in [5, 5.41) is 6.76. The molecule has 1 unspecified atom stereocenters. The second-order valence-electron chi connectivity index (χ2n) is 7.78. The molecule has 0 bridgehead atoms. The highest BCUT2D eigenvalue weighted by Crippen LogP contribution is 2.14. The topological polar surface area (TPSA) is 79.8 Å². The summed E-state index contributed by atoms with van der Waals surface area (Å²) in [7, 11) is 0. The number of carbonyl (C=O) groups excluding carboxylic acids is 2. The Hall–Kier alpha value is -4.00. The predicted octanol–water partition coefficient (Wildman–Crippen LogP) is 4.31. The molecule has 0 saturated carbocycles. The second-order valence-corrected chi connectivity index (χ2v) is 7.78. The van der Waals surface area contributed by atoms with Crippen molar-refractivity contribution in [3.8, 4) is 5.75 Å². The average molecular weight is 448 g/mol. The molecule has 2 N–H and O–H groups in total. The highest BCUT2D eigenvalue weighted by molar-refractivity contribution is 5.97. The van der Waals surface area contributed by atoms with E-state index in [1.807, 2.05) is 19.9 Å². The van der Waals surface area contributed by atoms with Gasteiger partial charge in [-0.15, -0.1) is 0 Å². The summed E-state index contributed by atoms with van der Waals surface area (Å²) in [6.45, 7) is 4.03. The number of rotatable bonds is 9. The Bertz CT molecular complexity index is 1080. The molecule has 0 aliphatic rings. The van der Waals surface area contributed by atoms with E-state index in [1.54, 1.807) is 60.7 Å². The number of ether oxygens (including phenoxy) is 1. The van der Waals surface area contributed by atoms with E-state index in [4.69, 9.17) is 4.74 Å². The minimum absolute atomic E-state index is 0.120. The van der Waals surface area contributed by atoms with Gasteiger partial charge in [-0.05, 0) is 65.6 Å². The molecule has 3 rings (SSSR count). The van der Waals surface area contributed by atoms with Gasteiger partial charge in [-0.2, -0.15) is 5.10 Å². The molecular formula is C26H26FN3O3. The third-order valence-corrected chi connectivity index (χ3v) is 4.86. The number of hydrogen-bond acceptors (Lipinski definition) is 4. The number of benzene rings is 3. The van der Waals surface area contributed by atoms with Gasteiger partial charge >= 0.3 is 0 Å². The molecule has 0 heterocycles. The third kappa shape index (κ3) is 7.28. The lowest BCUT2D eigenvalue weighted by Gasteiger charge is -2.20. The molecule has 1 atom stereocenters. The molecule has 0 aliphatic heterocycles. The molecular weight excluding hydrogens is 421 g/mol. The van der Waals surface area contributed by atoms with Gasteiger partial charge in [-0.3, -0.25) is 9.59 Å². The number of hydrogen-bond donors (Lipinski definition) is 2. The van der Waals surface area contributed by atoms with Crippen molar-refractivity contribution < 1.29 is 18.7 Å². The maximum atomic E-state index is 13.0. The van der Waals surface area contributed by atoms with Crippen LogP contribution in [0, 0.1) is 11.7 Å². The van der Waals surface area contributed by atoms with Crippen LogP contribution in [0.15, 0.2) is 84.0 Å². The average Bonchev–Trinajstić information content (AvgIpc) is 2.83. The zero-order chi connectivity index (χ0) is 23.6. The number of nitrogens with zero attached hydrogens (tertiary/aromatic N) is 1. The molecule has 0 radical (unpaired) electrons. The molecule has 3 aromatic carbocycles. The van der Waals surface area contributed by atoms with Crippen molar-refractivity contribution in [1.82, 2.24) is 10.7 Å². The molecule has 0 saturated heterocycles. The predicted molar refractivity (Wildman–Crippen MR) is 125 cm³/mol. The molecule has 0 aliphatic carbocycles. The third-order valence-electron chi connectivity index (χ3n) is 4.86. The van der Waals surface area contributed by atoms with Crippen molar-refractivity contribution in [2.24, 2.45) is 11.0 Å². The van der Waals surface area contributed by atoms with Crippen LogP contribution in [0.2, 0.25) is 0 Å². The lowest BCUT2D eigenvalue weighted by atomic mass is 10.0. The SMILES string of the molecule is CC(C)C(NC(=O)c1ccccc1)C(=O)N/N=C/c1ccc(OCc2ccc(F)cc2)cc1. The van der Waals surface area contributed by atoms with E-state index in [0.29, 0.717) is 17.9 Å². The van der Waals surface area contributed by atoms with E-state index in [-0.39, 0.29) is 17.6 Å². The molecule has 33 heavy (non-hydrogen) atoms. The van der Waals surface area contributed by atoms with Crippen LogP contribution in [0.3, 0.4) is 0 Å². The van der Waals surface area contributed by atoms with Crippen LogP contribution in [-0.2, 0) is 11.4 Å². The zero-order valence-electron chi connectivity index (χ0n) is 18.5. The van der Waals surface area contributed by atoms with E-state index in [0.717, 1.165) is 11.1 Å². The van der Waals surface area contributed by atoms with Crippen LogP contribution >= 0.6 is 0 Å². The van der Waals surface area contributed by atoms with Gasteiger partial charge in [-0.1, -0.05) is 44.2 Å². The number of nitrogens with one attached hydrogen (secondary N) is 2. The standard InChI is InChI=1S/C26H26FN3O3/c1-18(2)24(29-25(31)21-6-4-3-5-7-21)26(32)30-28-16-19-10-14-23(15-11-19)33-17-20-8-12-22(27)13-9-20/h3-16,18,24H,17H2,1-2H3,(H,29,31)(H,30,32)/b28-16+. The normalized spacial score (nSPS) is 11.9. The first-order valence-corrected chi connectivity index (χ1v) is 10.6. The van der Waals surface area contributed by atoms with Gasteiger partial charge in [0.15, 0.2) is 0 Å². The van der Waals surface area contributed by atoms with Crippen molar-refractivity contribution in [3.63, 3.8) is 0 Å². The quantitative estimate of drug-likeness (QED) is 0.379. The Morgan fingerprint density at radius 1 is 0.970 bits per heavy atom. The highest BCUT2D eigenvalue weighted by Gasteiger charge is 2.24. The summed E-state index contributed by atoms with van der Waals surface area (Å²) < 4.78 is 18.6. The van der Waals surface area contributed by atoms with Crippen LogP contribution in [0.25, 0.3) is 0 Å². The zero-order valence-corrected chi connectivity index (χ0v) is 18.5. The summed E-state index contributed by atoms with van der Waals surface area (Å²) >= 11 is 0. The summed E-state index contributed by atoms with van der Waals surface area (Å²) in [5.41, 5.74) is 4.60. The summed E-state index contributed by atoms with van der Waals surface area (Å²) in [6.07, 6.45) is 1.51. The molecule has 0 spiro atoms. The van der Waals surface area contributed by atoms with E-state index < -0.39 is 11.9 Å². The van der Waals surface area contributed by atoms with Crippen LogP contribution < -0.4 is 15.5 Å². The Labute approximate surface area is 192 Å². The minimum atomic E-state index is -0.725. The van der Waals surface area contributed by atoms with Gasteiger partial charge in [0.1, 0.15) is 24.2 Å². The van der Waals surface area contributed by atoms with Crippen LogP contribution in [0.1, 0.15) is 35.3 Å². The minimum Gasteiger partial charge on any atom is -0.489 e. The van der Waals surface area contributed by atoms with Crippen LogP contribution in [0.5, 0.6) is 5.75 Å². The van der Waals surface area contributed by atoms with E-state index in [2.05, 4.69) is 15.8 Å². The molecule has 3 aromatic rings. The Morgan fingerprint density at radius 3 is 2.27 bits per heavy atom. The molecule has 7 heteroatoms. The Balaban J connectivity index is 1.51. The van der Waals surface area contributed by atoms with Gasteiger partial charge in [0.2, 0.25) is 0 Å². The number of hydrazone groups is 1. The van der Waals surface area contributed by atoms with Crippen molar-refractivity contribution in [3.05, 3.63) is 101 Å². The highest BCUT2D eigenvalue weighted by atomic mass is 19.1. The lowest BCUT2D eigenvalue weighted by molar-refractivity contribution is -0.123. The molecule has 0 aromatic heterocycles. The monoisotopic (exact) mass is 447 g/mol. The van der Waals surface area contributed by atoms with Crippen molar-refractivity contribution >= 4 is 18.0 Å². The number of carbonyl (C=O) groups is 2. The van der Waals surface area contributed by atoms with Crippen molar-refractivity contribution in [2.45, 2.75) is 26.5 Å². The second kappa shape index (κ2) is 11.6. The summed E-state index contributed by atoms with van der Waals surface area (Å²) in [6, 6.07) is 21.3. The first-order valence-electron chi connectivity index (χ1n) is 10.6. The molecule has 170 valence electrons. The van der Waals surface area contributed by atoms with Gasteiger partial charge in [0, 0.05) is 5.56 Å². The van der Waals surface area contributed by atoms with Crippen LogP contribution in [0.4, 0.5) is 4.39 Å².